The van der Waals surface area contributed by atoms with Crippen LogP contribution in [-0.4, -0.2) is 18.1 Å². The van der Waals surface area contributed by atoms with Gasteiger partial charge in [-0.2, -0.15) is 0 Å². The Bertz CT molecular complexity index is 621. The number of hydrogen-bond acceptors (Lipinski definition) is 4. The van der Waals surface area contributed by atoms with Crippen molar-refractivity contribution in [2.24, 2.45) is 5.73 Å². The Morgan fingerprint density at radius 1 is 1.19 bits per heavy atom. The van der Waals surface area contributed by atoms with E-state index >= 15 is 0 Å². The van der Waals surface area contributed by atoms with E-state index in [1.54, 1.807) is 30.5 Å². The molecule has 0 saturated carbocycles. The number of benzene rings is 1. The minimum atomic E-state index is 0.428. The summed E-state index contributed by atoms with van der Waals surface area (Å²) in [5.74, 6) is 1.72. The number of ether oxygens (including phenoxy) is 2. The Morgan fingerprint density at radius 2 is 1.95 bits per heavy atom. The second kappa shape index (κ2) is 7.50. The number of hydrogen-bond donors (Lipinski definition) is 1. The molecular weight excluding hydrogens is 311 g/mol. The van der Waals surface area contributed by atoms with Crippen LogP contribution in [-0.2, 0) is 6.42 Å². The van der Waals surface area contributed by atoms with Gasteiger partial charge in [0.15, 0.2) is 0 Å². The van der Waals surface area contributed by atoms with E-state index in [2.05, 4.69) is 4.98 Å². The van der Waals surface area contributed by atoms with E-state index in [0.717, 1.165) is 12.0 Å². The maximum Gasteiger partial charge on any atom is 0.222 e. The minimum absolute atomic E-state index is 0.428. The van der Waals surface area contributed by atoms with Crippen LogP contribution in [0.5, 0.6) is 17.4 Å². The van der Waals surface area contributed by atoms with E-state index in [9.17, 15) is 0 Å². The molecule has 1 aromatic carbocycles. The van der Waals surface area contributed by atoms with Crippen LogP contribution < -0.4 is 15.2 Å². The SMILES string of the molecule is CCc1cc(Cl)c(Cl)cc1Oc1cc(OCCN)ccn1. The maximum atomic E-state index is 6.04. The molecule has 0 aliphatic heterocycles. The fourth-order valence-electron chi connectivity index (χ4n) is 1.77. The summed E-state index contributed by atoms with van der Waals surface area (Å²) in [6.07, 6.45) is 2.39. The molecule has 2 aromatic rings. The lowest BCUT2D eigenvalue weighted by molar-refractivity contribution is 0.325. The van der Waals surface area contributed by atoms with Gasteiger partial charge in [-0.3, -0.25) is 0 Å². The summed E-state index contributed by atoms with van der Waals surface area (Å²) in [7, 11) is 0. The molecule has 0 aliphatic rings. The lowest BCUT2D eigenvalue weighted by atomic mass is 10.1. The highest BCUT2D eigenvalue weighted by atomic mass is 35.5. The Kier molecular flexibility index (Phi) is 5.67. The van der Waals surface area contributed by atoms with Gasteiger partial charge in [0.05, 0.1) is 10.0 Å². The van der Waals surface area contributed by atoms with Crippen LogP contribution in [0.4, 0.5) is 0 Å². The van der Waals surface area contributed by atoms with Crippen molar-refractivity contribution in [2.75, 3.05) is 13.2 Å². The number of rotatable bonds is 6. The first-order valence-corrected chi connectivity index (χ1v) is 7.34. The number of nitrogens with two attached hydrogens (primary N) is 1. The quantitative estimate of drug-likeness (QED) is 0.868. The van der Waals surface area contributed by atoms with Gasteiger partial charge in [0, 0.05) is 24.9 Å². The molecule has 0 unspecified atom stereocenters. The highest BCUT2D eigenvalue weighted by Crippen LogP contribution is 2.33. The smallest absolute Gasteiger partial charge is 0.222 e. The third-order valence-electron chi connectivity index (χ3n) is 2.79. The fourth-order valence-corrected chi connectivity index (χ4v) is 2.11. The molecule has 0 spiro atoms. The van der Waals surface area contributed by atoms with Crippen molar-refractivity contribution in [2.45, 2.75) is 13.3 Å². The highest BCUT2D eigenvalue weighted by molar-refractivity contribution is 6.42. The standard InChI is InChI=1S/C15H16Cl2N2O2/c1-2-10-7-12(16)13(17)9-14(10)21-15-8-11(3-5-19-15)20-6-4-18/h3,5,7-9H,2,4,6,18H2,1H3. The largest absolute Gasteiger partial charge is 0.492 e. The van der Waals surface area contributed by atoms with Crippen molar-refractivity contribution in [3.8, 4) is 17.4 Å². The molecule has 0 amide bonds. The topological polar surface area (TPSA) is 57.4 Å². The molecule has 0 fully saturated rings. The second-order valence-corrected chi connectivity index (χ2v) is 5.11. The summed E-state index contributed by atoms with van der Waals surface area (Å²) in [5, 5.41) is 0.952. The summed E-state index contributed by atoms with van der Waals surface area (Å²) in [4.78, 5) is 4.16. The number of halogens is 2. The molecule has 0 aliphatic carbocycles. The zero-order valence-corrected chi connectivity index (χ0v) is 13.1. The third-order valence-corrected chi connectivity index (χ3v) is 3.51. The number of nitrogens with zero attached hydrogens (tertiary/aromatic N) is 1. The van der Waals surface area contributed by atoms with E-state index in [0.29, 0.717) is 40.6 Å². The second-order valence-electron chi connectivity index (χ2n) is 4.30. The Morgan fingerprint density at radius 3 is 2.67 bits per heavy atom. The van der Waals surface area contributed by atoms with Crippen molar-refractivity contribution in [3.63, 3.8) is 0 Å². The minimum Gasteiger partial charge on any atom is -0.492 e. The molecule has 2 rings (SSSR count). The zero-order valence-electron chi connectivity index (χ0n) is 11.6. The van der Waals surface area contributed by atoms with Crippen LogP contribution in [0.25, 0.3) is 0 Å². The van der Waals surface area contributed by atoms with Crippen molar-refractivity contribution in [3.05, 3.63) is 46.1 Å². The van der Waals surface area contributed by atoms with Gasteiger partial charge in [-0.15, -0.1) is 0 Å². The normalized spacial score (nSPS) is 10.5. The number of aryl methyl sites for hydroxylation is 1. The zero-order chi connectivity index (χ0) is 15.2. The van der Waals surface area contributed by atoms with Gasteiger partial charge in [-0.1, -0.05) is 30.1 Å². The average Bonchev–Trinajstić information content (AvgIpc) is 2.49. The summed E-state index contributed by atoms with van der Waals surface area (Å²) < 4.78 is 11.2. The maximum absolute atomic E-state index is 6.04. The van der Waals surface area contributed by atoms with E-state index in [4.69, 9.17) is 38.4 Å². The summed E-state index contributed by atoms with van der Waals surface area (Å²) in [5.41, 5.74) is 6.37. The van der Waals surface area contributed by atoms with Crippen LogP contribution >= 0.6 is 23.2 Å². The van der Waals surface area contributed by atoms with Gasteiger partial charge >= 0.3 is 0 Å². The average molecular weight is 327 g/mol. The molecule has 21 heavy (non-hydrogen) atoms. The predicted molar refractivity (Wildman–Crippen MR) is 84.7 cm³/mol. The first-order valence-electron chi connectivity index (χ1n) is 6.58. The van der Waals surface area contributed by atoms with E-state index in [1.165, 1.54) is 0 Å². The van der Waals surface area contributed by atoms with Crippen molar-refractivity contribution >= 4 is 23.2 Å². The molecular formula is C15H16Cl2N2O2. The van der Waals surface area contributed by atoms with Crippen molar-refractivity contribution < 1.29 is 9.47 Å². The van der Waals surface area contributed by atoms with Crippen LogP contribution in [0.2, 0.25) is 10.0 Å². The van der Waals surface area contributed by atoms with Gasteiger partial charge in [-0.25, -0.2) is 4.98 Å². The van der Waals surface area contributed by atoms with Gasteiger partial charge in [-0.05, 0) is 24.1 Å². The van der Waals surface area contributed by atoms with Crippen molar-refractivity contribution in [1.82, 2.24) is 4.98 Å². The Hall–Kier alpha value is -1.49. The molecule has 2 N–H and O–H groups in total. The van der Waals surface area contributed by atoms with Gasteiger partial charge in [0.1, 0.15) is 18.1 Å². The summed E-state index contributed by atoms with van der Waals surface area (Å²) >= 11 is 12.1. The monoisotopic (exact) mass is 326 g/mol. The van der Waals surface area contributed by atoms with Gasteiger partial charge in [0.2, 0.25) is 5.88 Å². The van der Waals surface area contributed by atoms with E-state index in [-0.39, 0.29) is 0 Å². The predicted octanol–water partition coefficient (Wildman–Crippen LogP) is 4.08. The third kappa shape index (κ3) is 4.24. The molecule has 0 saturated heterocycles. The Balaban J connectivity index is 2.23. The van der Waals surface area contributed by atoms with E-state index in [1.807, 2.05) is 6.92 Å². The van der Waals surface area contributed by atoms with Crippen LogP contribution in [0, 0.1) is 0 Å². The van der Waals surface area contributed by atoms with Crippen LogP contribution in [0.3, 0.4) is 0 Å². The number of aromatic nitrogens is 1. The lowest BCUT2D eigenvalue weighted by Crippen LogP contribution is -2.10. The molecule has 0 atom stereocenters. The lowest BCUT2D eigenvalue weighted by Gasteiger charge is -2.12. The summed E-state index contributed by atoms with van der Waals surface area (Å²) in [6.45, 7) is 2.91. The molecule has 0 radical (unpaired) electrons. The summed E-state index contributed by atoms with van der Waals surface area (Å²) in [6, 6.07) is 6.95. The van der Waals surface area contributed by atoms with Gasteiger partial charge < -0.3 is 15.2 Å². The van der Waals surface area contributed by atoms with Gasteiger partial charge in [0.25, 0.3) is 0 Å². The molecule has 1 heterocycles. The van der Waals surface area contributed by atoms with Crippen molar-refractivity contribution in [1.29, 1.82) is 0 Å². The number of pyridine rings is 1. The van der Waals surface area contributed by atoms with Crippen LogP contribution in [0.15, 0.2) is 30.5 Å². The molecule has 6 heteroatoms. The Labute approximate surface area is 133 Å². The fraction of sp³-hybridized carbons (Fsp3) is 0.267. The van der Waals surface area contributed by atoms with Crippen LogP contribution in [0.1, 0.15) is 12.5 Å². The first kappa shape index (κ1) is 15.9. The highest BCUT2D eigenvalue weighted by Gasteiger charge is 2.10. The first-order chi connectivity index (χ1) is 10.1. The van der Waals surface area contributed by atoms with E-state index < -0.39 is 0 Å². The molecule has 4 nitrogen and oxygen atoms in total. The molecule has 112 valence electrons. The molecule has 1 aromatic heterocycles. The molecule has 0 bridgehead atoms.